The summed E-state index contributed by atoms with van der Waals surface area (Å²) < 4.78 is 0. The molecule has 0 N–H and O–H groups in total. The first-order valence-electron chi connectivity index (χ1n) is 2.80. The second kappa shape index (κ2) is 2.06. The van der Waals surface area contributed by atoms with Crippen LogP contribution in [0.5, 0.6) is 5.75 Å². The quantitative estimate of drug-likeness (QED) is 0.554. The Morgan fingerprint density at radius 1 is 1.50 bits per heavy atom. The van der Waals surface area contributed by atoms with Crippen molar-refractivity contribution in [2.24, 2.45) is 0 Å². The molecule has 0 aliphatic carbocycles. The Kier molecular flexibility index (Phi) is 1.38. The van der Waals surface area contributed by atoms with Gasteiger partial charge in [0.15, 0.2) is 0 Å². The summed E-state index contributed by atoms with van der Waals surface area (Å²) in [6.07, 6.45) is 2.55. The lowest BCUT2D eigenvalue weighted by Crippen LogP contribution is -2.20. The van der Waals surface area contributed by atoms with Gasteiger partial charge in [0, 0.05) is 11.8 Å². The van der Waals surface area contributed by atoms with Gasteiger partial charge < -0.3 is 5.11 Å². The van der Waals surface area contributed by atoms with E-state index in [-0.39, 0.29) is 22.3 Å². The van der Waals surface area contributed by atoms with E-state index in [1.165, 1.54) is 12.2 Å². The van der Waals surface area contributed by atoms with E-state index in [9.17, 15) is 9.90 Å². The van der Waals surface area contributed by atoms with Crippen LogP contribution in [0, 0.1) is 0 Å². The van der Waals surface area contributed by atoms with Crippen molar-refractivity contribution in [3.63, 3.8) is 0 Å². The van der Waals surface area contributed by atoms with Crippen LogP contribution in [0.15, 0.2) is 18.0 Å². The van der Waals surface area contributed by atoms with Crippen LogP contribution in [-0.2, 0) is 0 Å². The Balaban J connectivity index is 3.26. The van der Waals surface area contributed by atoms with E-state index in [1.54, 1.807) is 0 Å². The minimum atomic E-state index is -0.241. The molecule has 1 aromatic rings. The molecular formula is C8H6O2. The topological polar surface area (TPSA) is 40.1 Å². The molecule has 0 spiro atoms. The standard InChI is InChI=1S/C8H6O2/c1-3-5-7(9)6(4-2)8(5)10/h3-4H,1-2H2. The Bertz CT molecular complexity index is 279. The zero-order chi connectivity index (χ0) is 7.72. The molecule has 0 heterocycles. The normalized spacial score (nSPS) is 9.60. The highest BCUT2D eigenvalue weighted by molar-refractivity contribution is 5.71. The van der Waals surface area contributed by atoms with Crippen LogP contribution in [0.4, 0.5) is 0 Å². The lowest BCUT2D eigenvalue weighted by atomic mass is 10.0. The number of hydrogen-bond acceptors (Lipinski definition) is 2. The summed E-state index contributed by atoms with van der Waals surface area (Å²) in [6.45, 7) is 6.65. The fourth-order valence-electron chi connectivity index (χ4n) is 0.805. The van der Waals surface area contributed by atoms with Crippen molar-refractivity contribution in [3.05, 3.63) is 34.5 Å². The van der Waals surface area contributed by atoms with Gasteiger partial charge in [-0.3, -0.25) is 4.79 Å². The van der Waals surface area contributed by atoms with Crippen LogP contribution in [0.3, 0.4) is 0 Å². The van der Waals surface area contributed by atoms with Crippen molar-refractivity contribution in [2.75, 3.05) is 0 Å². The predicted molar refractivity (Wildman–Crippen MR) is 39.1 cm³/mol. The molecule has 0 aliphatic heterocycles. The Morgan fingerprint density at radius 2 is 2.10 bits per heavy atom. The van der Waals surface area contributed by atoms with Gasteiger partial charge >= 0.3 is 0 Å². The second-order valence-electron chi connectivity index (χ2n) is 1.89. The van der Waals surface area contributed by atoms with E-state index in [0.29, 0.717) is 0 Å². The first-order valence-corrected chi connectivity index (χ1v) is 2.80. The molecule has 50 valence electrons. The fraction of sp³-hybridized carbons (Fsp3) is 0. The first-order chi connectivity index (χ1) is 4.72. The van der Waals surface area contributed by atoms with Crippen LogP contribution < -0.4 is 10.5 Å². The smallest absolute Gasteiger partial charge is 0.272 e. The highest BCUT2D eigenvalue weighted by Gasteiger charge is 2.16. The van der Waals surface area contributed by atoms with Gasteiger partial charge in [-0.15, -0.1) is 0 Å². The van der Waals surface area contributed by atoms with Crippen molar-refractivity contribution in [1.82, 2.24) is 0 Å². The molecule has 10 heavy (non-hydrogen) atoms. The van der Waals surface area contributed by atoms with Gasteiger partial charge in [0.2, 0.25) is 0 Å². The Hall–Kier alpha value is -1.44. The van der Waals surface area contributed by atoms with Gasteiger partial charge in [-0.2, -0.15) is 0 Å². The molecule has 0 atom stereocenters. The molecule has 0 bridgehead atoms. The average molecular weight is 134 g/mol. The van der Waals surface area contributed by atoms with Crippen LogP contribution >= 0.6 is 0 Å². The summed E-state index contributed by atoms with van der Waals surface area (Å²) in [7, 11) is 0. The molecule has 0 saturated heterocycles. The fourth-order valence-corrected chi connectivity index (χ4v) is 0.805. The van der Waals surface area contributed by atoms with E-state index in [4.69, 9.17) is 0 Å². The third kappa shape index (κ3) is 0.589. The van der Waals surface area contributed by atoms with Crippen molar-refractivity contribution in [1.29, 1.82) is 0 Å². The minimum absolute atomic E-state index is 0.176. The predicted octanol–water partition coefficient (Wildman–Crippen LogP) is 0.563. The molecule has 0 aromatic heterocycles. The summed E-state index contributed by atoms with van der Waals surface area (Å²) >= 11 is 0. The maximum atomic E-state index is 10.8. The molecular weight excluding hydrogens is 128 g/mol. The van der Waals surface area contributed by atoms with E-state index in [0.717, 1.165) is 0 Å². The molecule has 2 nitrogen and oxygen atoms in total. The van der Waals surface area contributed by atoms with E-state index < -0.39 is 0 Å². The molecule has 0 aliphatic rings. The van der Waals surface area contributed by atoms with Gasteiger partial charge in [-0.05, 0) is 12.7 Å². The van der Waals surface area contributed by atoms with Crippen LogP contribution in [-0.4, -0.2) is 0 Å². The summed E-state index contributed by atoms with van der Waals surface area (Å²) in [4.78, 5) is 10.8. The SMILES string of the molecule is C=Cc1c([O-])[c+](C=C)c1=O. The lowest BCUT2D eigenvalue weighted by Gasteiger charge is -2.10. The number of rotatable bonds is 2. The van der Waals surface area contributed by atoms with Gasteiger partial charge in [0.25, 0.3) is 5.43 Å². The lowest BCUT2D eigenvalue weighted by molar-refractivity contribution is -0.270. The maximum Gasteiger partial charge on any atom is 0.272 e. The minimum Gasteiger partial charge on any atom is -0.856 e. The maximum absolute atomic E-state index is 10.8. The molecule has 1 aromatic carbocycles. The molecule has 1 rings (SSSR count). The van der Waals surface area contributed by atoms with E-state index >= 15 is 0 Å². The summed E-state index contributed by atoms with van der Waals surface area (Å²) in [5.41, 5.74) is 0.111. The molecule has 0 radical (unpaired) electrons. The third-order valence-electron chi connectivity index (χ3n) is 1.39. The highest BCUT2D eigenvalue weighted by atomic mass is 16.3. The van der Waals surface area contributed by atoms with Gasteiger partial charge in [-0.25, -0.2) is 0 Å². The zero-order valence-corrected chi connectivity index (χ0v) is 5.39. The van der Waals surface area contributed by atoms with Crippen LogP contribution in [0.1, 0.15) is 11.1 Å². The zero-order valence-electron chi connectivity index (χ0n) is 5.39. The van der Waals surface area contributed by atoms with Crippen LogP contribution in [0.2, 0.25) is 0 Å². The molecule has 0 unspecified atom stereocenters. The van der Waals surface area contributed by atoms with E-state index in [1.807, 2.05) is 0 Å². The molecule has 0 amide bonds. The average Bonchev–Trinajstić information content (AvgIpc) is 1.90. The van der Waals surface area contributed by atoms with Gasteiger partial charge in [-0.1, -0.05) is 6.58 Å². The van der Waals surface area contributed by atoms with Crippen molar-refractivity contribution in [3.8, 4) is 5.75 Å². The van der Waals surface area contributed by atoms with Crippen LogP contribution in [0.25, 0.3) is 12.2 Å². The van der Waals surface area contributed by atoms with Crippen molar-refractivity contribution < 1.29 is 5.11 Å². The third-order valence-corrected chi connectivity index (χ3v) is 1.39. The monoisotopic (exact) mass is 134 g/mol. The Labute approximate surface area is 58.4 Å². The first kappa shape index (κ1) is 6.68. The van der Waals surface area contributed by atoms with E-state index in [2.05, 4.69) is 13.2 Å². The summed E-state index contributed by atoms with van der Waals surface area (Å²) in [5.74, 6) is -0.241. The Morgan fingerprint density at radius 3 is 2.40 bits per heavy atom. The van der Waals surface area contributed by atoms with Crippen molar-refractivity contribution in [2.45, 2.75) is 0 Å². The van der Waals surface area contributed by atoms with Gasteiger partial charge in [0.05, 0.1) is 5.56 Å². The molecule has 2 heteroatoms. The molecule has 0 saturated carbocycles. The molecule has 0 fully saturated rings. The highest BCUT2D eigenvalue weighted by Crippen LogP contribution is 2.20. The summed E-state index contributed by atoms with van der Waals surface area (Å²) in [5, 5.41) is 10.8. The second-order valence-corrected chi connectivity index (χ2v) is 1.89. The number of hydrogen-bond donors (Lipinski definition) is 0. The van der Waals surface area contributed by atoms with Crippen molar-refractivity contribution >= 4 is 12.2 Å². The largest absolute Gasteiger partial charge is 0.856 e. The van der Waals surface area contributed by atoms with Gasteiger partial charge in [0.1, 0.15) is 5.56 Å². The summed E-state index contributed by atoms with van der Waals surface area (Å²) in [6, 6.07) is 0.